The Morgan fingerprint density at radius 2 is 1.81 bits per heavy atom. The SMILES string of the molecule is CSc1nnc(Sc2cc(N)nc(-c3ccccc3)n2)s1. The summed E-state index contributed by atoms with van der Waals surface area (Å²) >= 11 is 4.56. The second-order valence-corrected chi connectivity index (χ2v) is 7.26. The van der Waals surface area contributed by atoms with Gasteiger partial charge in [-0.3, -0.25) is 0 Å². The Balaban J connectivity index is 1.91. The summed E-state index contributed by atoms with van der Waals surface area (Å²) in [6, 6.07) is 11.5. The number of hydrogen-bond acceptors (Lipinski definition) is 8. The zero-order chi connectivity index (χ0) is 14.7. The van der Waals surface area contributed by atoms with Gasteiger partial charge < -0.3 is 5.73 Å². The summed E-state index contributed by atoms with van der Waals surface area (Å²) in [5.74, 6) is 1.06. The Bertz CT molecular complexity index is 745. The smallest absolute Gasteiger partial charge is 0.181 e. The fourth-order valence-electron chi connectivity index (χ4n) is 1.62. The van der Waals surface area contributed by atoms with Gasteiger partial charge in [-0.05, 0) is 18.0 Å². The first-order valence-electron chi connectivity index (χ1n) is 6.00. The number of thioether (sulfide) groups is 1. The first-order chi connectivity index (χ1) is 10.2. The molecular formula is C13H11N5S3. The maximum absolute atomic E-state index is 5.88. The lowest BCUT2D eigenvalue weighted by Crippen LogP contribution is -1.97. The van der Waals surface area contributed by atoms with Crippen LogP contribution in [0.3, 0.4) is 0 Å². The average molecular weight is 333 g/mol. The number of anilines is 1. The van der Waals surface area contributed by atoms with Crippen molar-refractivity contribution in [2.45, 2.75) is 13.7 Å². The molecule has 0 aliphatic heterocycles. The Kier molecular flexibility index (Phi) is 4.37. The molecule has 21 heavy (non-hydrogen) atoms. The van der Waals surface area contributed by atoms with Crippen LogP contribution in [0.1, 0.15) is 0 Å². The minimum atomic E-state index is 0.445. The van der Waals surface area contributed by atoms with Crippen molar-refractivity contribution in [3.05, 3.63) is 36.4 Å². The summed E-state index contributed by atoms with van der Waals surface area (Å²) in [7, 11) is 0. The van der Waals surface area contributed by atoms with Gasteiger partial charge in [0.15, 0.2) is 14.5 Å². The number of aromatic nitrogens is 4. The summed E-state index contributed by atoms with van der Waals surface area (Å²) in [6.07, 6.45) is 1.98. The standard InChI is InChI=1S/C13H11N5S3/c1-19-12-17-18-13(21-12)20-10-7-9(14)15-11(16-10)8-5-3-2-4-6-8/h2-7H,1H3,(H2,14,15,16). The molecule has 0 aliphatic rings. The predicted octanol–water partition coefficient (Wildman–Crippen LogP) is 3.45. The molecule has 0 saturated heterocycles. The summed E-state index contributed by atoms with van der Waals surface area (Å²) in [5.41, 5.74) is 6.82. The van der Waals surface area contributed by atoms with E-state index in [1.54, 1.807) is 17.8 Å². The van der Waals surface area contributed by atoms with Crippen molar-refractivity contribution < 1.29 is 0 Å². The minimum absolute atomic E-state index is 0.445. The highest BCUT2D eigenvalue weighted by Crippen LogP contribution is 2.33. The van der Waals surface area contributed by atoms with Crippen molar-refractivity contribution in [1.29, 1.82) is 0 Å². The van der Waals surface area contributed by atoms with Gasteiger partial charge in [0.25, 0.3) is 0 Å². The van der Waals surface area contributed by atoms with Crippen LogP contribution in [0, 0.1) is 0 Å². The molecule has 0 aliphatic carbocycles. The van der Waals surface area contributed by atoms with Crippen molar-refractivity contribution in [2.75, 3.05) is 12.0 Å². The van der Waals surface area contributed by atoms with Crippen LogP contribution >= 0.6 is 34.9 Å². The molecular weight excluding hydrogens is 322 g/mol. The number of nitrogens with zero attached hydrogens (tertiary/aromatic N) is 4. The molecule has 106 valence electrons. The molecule has 2 N–H and O–H groups in total. The monoisotopic (exact) mass is 333 g/mol. The number of benzene rings is 1. The molecule has 3 rings (SSSR count). The topological polar surface area (TPSA) is 77.6 Å². The van der Waals surface area contributed by atoms with Gasteiger partial charge >= 0.3 is 0 Å². The lowest BCUT2D eigenvalue weighted by atomic mass is 10.2. The van der Waals surface area contributed by atoms with Crippen LogP contribution in [0.5, 0.6) is 0 Å². The molecule has 0 unspecified atom stereocenters. The van der Waals surface area contributed by atoms with Gasteiger partial charge in [-0.15, -0.1) is 10.2 Å². The van der Waals surface area contributed by atoms with E-state index in [1.807, 2.05) is 36.6 Å². The first-order valence-corrected chi connectivity index (χ1v) is 8.85. The van der Waals surface area contributed by atoms with Crippen molar-refractivity contribution in [1.82, 2.24) is 20.2 Å². The van der Waals surface area contributed by atoms with E-state index < -0.39 is 0 Å². The van der Waals surface area contributed by atoms with Crippen LogP contribution < -0.4 is 5.73 Å². The average Bonchev–Trinajstić information content (AvgIpc) is 2.95. The Morgan fingerprint density at radius 1 is 1.05 bits per heavy atom. The van der Waals surface area contributed by atoms with Gasteiger partial charge in [0, 0.05) is 11.6 Å². The lowest BCUT2D eigenvalue weighted by Gasteiger charge is -2.04. The quantitative estimate of drug-likeness (QED) is 0.578. The summed E-state index contributed by atoms with van der Waals surface area (Å²) in [4.78, 5) is 8.82. The maximum Gasteiger partial charge on any atom is 0.181 e. The molecule has 0 fully saturated rings. The van der Waals surface area contributed by atoms with Crippen molar-refractivity contribution in [3.63, 3.8) is 0 Å². The third-order valence-corrected chi connectivity index (χ3v) is 5.38. The van der Waals surface area contributed by atoms with Crippen LogP contribution in [0.2, 0.25) is 0 Å². The third kappa shape index (κ3) is 3.52. The molecule has 0 saturated carbocycles. The molecule has 3 aromatic rings. The molecule has 5 nitrogen and oxygen atoms in total. The molecule has 8 heteroatoms. The molecule has 2 heterocycles. The van der Waals surface area contributed by atoms with E-state index >= 15 is 0 Å². The zero-order valence-electron chi connectivity index (χ0n) is 11.1. The van der Waals surface area contributed by atoms with Crippen LogP contribution in [0.4, 0.5) is 5.82 Å². The zero-order valence-corrected chi connectivity index (χ0v) is 13.5. The minimum Gasteiger partial charge on any atom is -0.384 e. The summed E-state index contributed by atoms with van der Waals surface area (Å²) in [6.45, 7) is 0. The van der Waals surface area contributed by atoms with Crippen molar-refractivity contribution >= 4 is 40.7 Å². The van der Waals surface area contributed by atoms with Gasteiger partial charge in [-0.2, -0.15) is 0 Å². The largest absolute Gasteiger partial charge is 0.384 e. The third-order valence-electron chi connectivity index (χ3n) is 2.51. The fraction of sp³-hybridized carbons (Fsp3) is 0.0769. The molecule has 0 bridgehead atoms. The Morgan fingerprint density at radius 3 is 2.52 bits per heavy atom. The van der Waals surface area contributed by atoms with E-state index in [0.29, 0.717) is 11.6 Å². The molecule has 0 radical (unpaired) electrons. The highest BCUT2D eigenvalue weighted by atomic mass is 32.2. The van der Waals surface area contributed by atoms with E-state index in [9.17, 15) is 0 Å². The molecule has 2 aromatic heterocycles. The fourth-order valence-corrected chi connectivity index (χ4v) is 4.02. The van der Waals surface area contributed by atoms with Crippen molar-refractivity contribution in [3.8, 4) is 11.4 Å². The van der Waals surface area contributed by atoms with Crippen molar-refractivity contribution in [2.24, 2.45) is 0 Å². The van der Waals surface area contributed by atoms with E-state index in [1.165, 1.54) is 23.1 Å². The second-order valence-electron chi connectivity index (χ2n) is 3.96. The van der Waals surface area contributed by atoms with Crippen LogP contribution in [0.15, 0.2) is 50.1 Å². The molecule has 0 spiro atoms. The molecule has 0 atom stereocenters. The number of rotatable bonds is 4. The van der Waals surface area contributed by atoms with E-state index in [0.717, 1.165) is 19.3 Å². The predicted molar refractivity (Wildman–Crippen MR) is 87.7 cm³/mol. The molecule has 1 aromatic carbocycles. The van der Waals surface area contributed by atoms with Gasteiger partial charge in [0.1, 0.15) is 10.8 Å². The maximum atomic E-state index is 5.88. The first kappa shape index (κ1) is 14.3. The Hall–Kier alpha value is -1.64. The van der Waals surface area contributed by atoms with Crippen LogP contribution in [-0.4, -0.2) is 26.4 Å². The van der Waals surface area contributed by atoms with Crippen LogP contribution in [-0.2, 0) is 0 Å². The van der Waals surface area contributed by atoms with Gasteiger partial charge in [-0.1, -0.05) is 53.4 Å². The highest BCUT2D eigenvalue weighted by Gasteiger charge is 2.10. The number of hydrogen-bond donors (Lipinski definition) is 1. The number of nitrogens with two attached hydrogens (primary N) is 1. The lowest BCUT2D eigenvalue weighted by molar-refractivity contribution is 0.952. The summed E-state index contributed by atoms with van der Waals surface area (Å²) in [5, 5.41) is 8.96. The summed E-state index contributed by atoms with van der Waals surface area (Å²) < 4.78 is 1.78. The van der Waals surface area contributed by atoms with Gasteiger partial charge in [0.2, 0.25) is 0 Å². The second kappa shape index (κ2) is 6.42. The number of nitrogen functional groups attached to an aromatic ring is 1. The van der Waals surface area contributed by atoms with Gasteiger partial charge in [-0.25, -0.2) is 9.97 Å². The van der Waals surface area contributed by atoms with Crippen LogP contribution in [0.25, 0.3) is 11.4 Å². The van der Waals surface area contributed by atoms with E-state index in [-0.39, 0.29) is 0 Å². The highest BCUT2D eigenvalue weighted by molar-refractivity contribution is 8.02. The molecule has 0 amide bonds. The normalized spacial score (nSPS) is 10.7. The van der Waals surface area contributed by atoms with Gasteiger partial charge in [0.05, 0.1) is 0 Å². The van der Waals surface area contributed by atoms with E-state index in [4.69, 9.17) is 5.73 Å². The van der Waals surface area contributed by atoms with E-state index in [2.05, 4.69) is 20.2 Å². The Labute approximate surface area is 134 Å².